The Kier molecular flexibility index (Phi) is 8.36. The average Bonchev–Trinajstić information content (AvgIpc) is 3.72. The van der Waals surface area contributed by atoms with E-state index in [1.165, 1.54) is 29.4 Å². The lowest BCUT2D eigenvalue weighted by Crippen LogP contribution is -2.25. The molecule has 2 amide bonds. The summed E-state index contributed by atoms with van der Waals surface area (Å²) < 4.78 is 12.3. The second kappa shape index (κ2) is 12.1. The van der Waals surface area contributed by atoms with Gasteiger partial charge in [-0.3, -0.25) is 14.2 Å². The Morgan fingerprint density at radius 2 is 2.05 bits per heavy atom. The molecule has 0 fully saturated rings. The molecule has 1 aliphatic carbocycles. The van der Waals surface area contributed by atoms with Crippen LogP contribution < -0.4 is 10.6 Å². The van der Waals surface area contributed by atoms with E-state index in [9.17, 15) is 14.4 Å². The average molecular weight is 580 g/mol. The molecule has 1 atom stereocenters. The van der Waals surface area contributed by atoms with E-state index in [0.717, 1.165) is 41.0 Å². The first-order valence-corrected chi connectivity index (χ1v) is 14.7. The molecule has 40 heavy (non-hydrogen) atoms. The third-order valence-corrected chi connectivity index (χ3v) is 8.65. The topological polar surface area (TPSA) is 128 Å². The van der Waals surface area contributed by atoms with Crippen LogP contribution in [0.5, 0.6) is 0 Å². The van der Waals surface area contributed by atoms with Crippen molar-refractivity contribution in [3.63, 3.8) is 0 Å². The maximum absolute atomic E-state index is 13.3. The van der Waals surface area contributed by atoms with Crippen LogP contribution >= 0.6 is 23.1 Å². The van der Waals surface area contributed by atoms with Crippen molar-refractivity contribution in [2.75, 3.05) is 11.9 Å². The third kappa shape index (κ3) is 5.82. The number of hydrogen-bond donors (Lipinski definition) is 2. The van der Waals surface area contributed by atoms with Gasteiger partial charge >= 0.3 is 5.97 Å². The summed E-state index contributed by atoms with van der Waals surface area (Å²) in [6.07, 6.45) is 4.13. The smallest absolute Gasteiger partial charge is 0.341 e. The SMILES string of the molecule is CCOC(=O)c1c(NC(=O)[C@H](C)Sc2nnc(CNC(=O)c3ccco3)n2-c2cccc(C)c2)sc2c1CCC2. The van der Waals surface area contributed by atoms with Gasteiger partial charge in [0.1, 0.15) is 5.00 Å². The molecule has 0 unspecified atom stereocenters. The Labute approximate surface area is 239 Å². The van der Waals surface area contributed by atoms with Crippen molar-refractivity contribution < 1.29 is 23.5 Å². The molecule has 0 radical (unpaired) electrons. The van der Waals surface area contributed by atoms with Crippen molar-refractivity contribution in [2.24, 2.45) is 0 Å². The molecule has 0 saturated heterocycles. The summed E-state index contributed by atoms with van der Waals surface area (Å²) >= 11 is 2.69. The lowest BCUT2D eigenvalue weighted by molar-refractivity contribution is -0.115. The first-order valence-electron chi connectivity index (χ1n) is 13.0. The quantitative estimate of drug-likeness (QED) is 0.200. The number of nitrogens with one attached hydrogen (secondary N) is 2. The summed E-state index contributed by atoms with van der Waals surface area (Å²) in [6.45, 7) is 5.89. The highest BCUT2D eigenvalue weighted by Gasteiger charge is 2.30. The lowest BCUT2D eigenvalue weighted by atomic mass is 10.1. The van der Waals surface area contributed by atoms with Gasteiger partial charge in [0.05, 0.1) is 30.2 Å². The van der Waals surface area contributed by atoms with Gasteiger partial charge in [0, 0.05) is 10.6 Å². The molecule has 1 aromatic carbocycles. The first kappa shape index (κ1) is 27.7. The zero-order chi connectivity index (χ0) is 28.2. The molecule has 3 aromatic heterocycles. The highest BCUT2D eigenvalue weighted by Crippen LogP contribution is 2.40. The molecular weight excluding hydrogens is 550 g/mol. The normalized spacial score (nSPS) is 13.1. The molecule has 10 nitrogen and oxygen atoms in total. The number of amides is 2. The standard InChI is InChI=1S/C28H29N5O5S2/c1-4-37-27(36)23-19-10-6-12-21(19)40-26(23)30-24(34)17(3)39-28-32-31-22(15-29-25(35)20-11-7-13-38-20)33(28)18-9-5-8-16(2)14-18/h5,7-9,11,13-14,17H,4,6,10,12,15H2,1-3H3,(H,29,35)(H,30,34)/t17-/m0/s1. The van der Waals surface area contributed by atoms with Crippen LogP contribution in [0.4, 0.5) is 5.00 Å². The fraction of sp³-hybridized carbons (Fsp3) is 0.321. The molecule has 3 heterocycles. The van der Waals surface area contributed by atoms with E-state index in [1.54, 1.807) is 26.0 Å². The van der Waals surface area contributed by atoms with Crippen LogP contribution in [0.1, 0.15) is 63.0 Å². The lowest BCUT2D eigenvalue weighted by Gasteiger charge is -2.15. The van der Waals surface area contributed by atoms with Gasteiger partial charge in [0.25, 0.3) is 5.91 Å². The summed E-state index contributed by atoms with van der Waals surface area (Å²) in [5, 5.41) is 14.9. The zero-order valence-corrected chi connectivity index (χ0v) is 24.0. The number of thioether (sulfide) groups is 1. The van der Waals surface area contributed by atoms with Crippen LogP contribution in [0.25, 0.3) is 5.69 Å². The summed E-state index contributed by atoms with van der Waals surface area (Å²) in [6, 6.07) is 11.0. The number of furan rings is 1. The van der Waals surface area contributed by atoms with E-state index < -0.39 is 11.2 Å². The summed E-state index contributed by atoms with van der Waals surface area (Å²) in [7, 11) is 0. The Balaban J connectivity index is 1.36. The number of hydrogen-bond acceptors (Lipinski definition) is 9. The molecule has 4 aromatic rings. The fourth-order valence-electron chi connectivity index (χ4n) is 4.51. The van der Waals surface area contributed by atoms with E-state index in [-0.39, 0.29) is 30.7 Å². The molecule has 2 N–H and O–H groups in total. The van der Waals surface area contributed by atoms with Gasteiger partial charge in [-0.15, -0.1) is 21.5 Å². The van der Waals surface area contributed by atoms with E-state index in [1.807, 2.05) is 35.8 Å². The number of aryl methyl sites for hydroxylation is 2. The van der Waals surface area contributed by atoms with Gasteiger partial charge in [-0.25, -0.2) is 4.79 Å². The number of rotatable bonds is 10. The van der Waals surface area contributed by atoms with Crippen LogP contribution in [-0.2, 0) is 28.9 Å². The van der Waals surface area contributed by atoms with Crippen LogP contribution in [0.3, 0.4) is 0 Å². The first-order chi connectivity index (χ1) is 19.4. The number of nitrogens with zero attached hydrogens (tertiary/aromatic N) is 3. The predicted molar refractivity (Wildman–Crippen MR) is 152 cm³/mol. The maximum Gasteiger partial charge on any atom is 0.341 e. The second-order valence-corrected chi connectivity index (χ2v) is 11.7. The summed E-state index contributed by atoms with van der Waals surface area (Å²) in [5.74, 6) is -0.339. The molecular formula is C28H29N5O5S2. The van der Waals surface area contributed by atoms with Gasteiger partial charge in [0.2, 0.25) is 5.91 Å². The molecule has 5 rings (SSSR count). The number of carbonyl (C=O) groups excluding carboxylic acids is 3. The van der Waals surface area contributed by atoms with Gasteiger partial charge < -0.3 is 19.8 Å². The second-order valence-electron chi connectivity index (χ2n) is 9.26. The Bertz CT molecular complexity index is 1540. The number of anilines is 1. The van der Waals surface area contributed by atoms with Crippen LogP contribution in [-0.4, -0.2) is 44.4 Å². The number of benzene rings is 1. The van der Waals surface area contributed by atoms with E-state index in [4.69, 9.17) is 9.15 Å². The Morgan fingerprint density at radius 3 is 2.80 bits per heavy atom. The monoisotopic (exact) mass is 579 g/mol. The summed E-state index contributed by atoms with van der Waals surface area (Å²) in [5.41, 5.74) is 3.30. The molecule has 0 aliphatic heterocycles. The molecule has 0 bridgehead atoms. The number of ether oxygens (including phenoxy) is 1. The van der Waals surface area contributed by atoms with Gasteiger partial charge in [-0.05, 0) is 75.4 Å². The van der Waals surface area contributed by atoms with E-state index in [0.29, 0.717) is 21.5 Å². The number of esters is 1. The van der Waals surface area contributed by atoms with E-state index in [2.05, 4.69) is 20.8 Å². The van der Waals surface area contributed by atoms with Crippen molar-refractivity contribution in [1.29, 1.82) is 0 Å². The number of aromatic nitrogens is 3. The highest BCUT2D eigenvalue weighted by atomic mass is 32.2. The fourth-order valence-corrected chi connectivity index (χ4v) is 6.68. The van der Waals surface area contributed by atoms with Crippen LogP contribution in [0.2, 0.25) is 0 Å². The molecule has 12 heteroatoms. The maximum atomic E-state index is 13.3. The van der Waals surface area contributed by atoms with Crippen molar-refractivity contribution in [3.05, 3.63) is 75.8 Å². The van der Waals surface area contributed by atoms with Gasteiger partial charge in [-0.2, -0.15) is 0 Å². The Hall–Kier alpha value is -3.90. The van der Waals surface area contributed by atoms with Gasteiger partial charge in [0.15, 0.2) is 16.7 Å². The molecule has 1 aliphatic rings. The molecule has 208 valence electrons. The van der Waals surface area contributed by atoms with Crippen LogP contribution in [0.15, 0.2) is 52.2 Å². The minimum Gasteiger partial charge on any atom is -0.462 e. The van der Waals surface area contributed by atoms with Gasteiger partial charge in [-0.1, -0.05) is 23.9 Å². The van der Waals surface area contributed by atoms with Crippen molar-refractivity contribution in [2.45, 2.75) is 57.0 Å². The molecule has 0 saturated carbocycles. The van der Waals surface area contributed by atoms with Crippen LogP contribution in [0, 0.1) is 6.92 Å². The number of thiophene rings is 1. The highest BCUT2D eigenvalue weighted by molar-refractivity contribution is 8.00. The Morgan fingerprint density at radius 1 is 1.20 bits per heavy atom. The van der Waals surface area contributed by atoms with E-state index >= 15 is 0 Å². The zero-order valence-electron chi connectivity index (χ0n) is 22.4. The minimum absolute atomic E-state index is 0.102. The third-order valence-electron chi connectivity index (χ3n) is 6.40. The predicted octanol–water partition coefficient (Wildman–Crippen LogP) is 4.94. The number of carbonyl (C=O) groups is 3. The van der Waals surface area contributed by atoms with Crippen molar-refractivity contribution >= 4 is 45.9 Å². The largest absolute Gasteiger partial charge is 0.462 e. The van der Waals surface area contributed by atoms with Crippen molar-refractivity contribution in [3.8, 4) is 5.69 Å². The molecule has 0 spiro atoms. The summed E-state index contributed by atoms with van der Waals surface area (Å²) in [4.78, 5) is 39.6. The number of fused-ring (bicyclic) bond motifs is 1. The van der Waals surface area contributed by atoms with Crippen molar-refractivity contribution in [1.82, 2.24) is 20.1 Å². The minimum atomic E-state index is -0.565.